The summed E-state index contributed by atoms with van der Waals surface area (Å²) in [4.78, 5) is 0. The van der Waals surface area contributed by atoms with Gasteiger partial charge in [0.05, 0.1) is 6.10 Å². The van der Waals surface area contributed by atoms with Gasteiger partial charge in [-0.2, -0.15) is 0 Å². The molecule has 0 fully saturated rings. The molecule has 2 atom stereocenters. The smallest absolute Gasteiger partial charge is 0.108 e. The zero-order valence-electron chi connectivity index (χ0n) is 9.06. The van der Waals surface area contributed by atoms with Crippen LogP contribution >= 0.6 is 0 Å². The average Bonchev–Trinajstić information content (AvgIpc) is 2.27. The molecule has 0 saturated carbocycles. The SMILES string of the molecule is C=CC(O)(CCc1ccccc1)[C@H](C)O. The van der Waals surface area contributed by atoms with Gasteiger partial charge in [-0.3, -0.25) is 0 Å². The Morgan fingerprint density at radius 3 is 2.47 bits per heavy atom. The van der Waals surface area contributed by atoms with Crippen molar-refractivity contribution in [3.05, 3.63) is 48.6 Å². The third kappa shape index (κ3) is 3.18. The van der Waals surface area contributed by atoms with E-state index in [9.17, 15) is 10.2 Å². The van der Waals surface area contributed by atoms with E-state index in [0.717, 1.165) is 12.0 Å². The second-order valence-electron chi connectivity index (χ2n) is 3.86. The Labute approximate surface area is 90.9 Å². The number of aliphatic hydroxyl groups is 2. The summed E-state index contributed by atoms with van der Waals surface area (Å²) in [7, 11) is 0. The first-order chi connectivity index (χ1) is 7.08. The molecule has 2 nitrogen and oxygen atoms in total. The summed E-state index contributed by atoms with van der Waals surface area (Å²) in [6, 6.07) is 9.89. The molecule has 0 heterocycles. The number of aliphatic hydroxyl groups excluding tert-OH is 1. The van der Waals surface area contributed by atoms with Gasteiger partial charge in [0.1, 0.15) is 5.60 Å². The molecule has 0 aliphatic heterocycles. The quantitative estimate of drug-likeness (QED) is 0.722. The molecule has 0 radical (unpaired) electrons. The number of rotatable bonds is 5. The third-order valence-electron chi connectivity index (χ3n) is 2.73. The van der Waals surface area contributed by atoms with Crippen LogP contribution in [0.1, 0.15) is 18.9 Å². The van der Waals surface area contributed by atoms with Crippen LogP contribution in [0.2, 0.25) is 0 Å². The molecular formula is C13H18O2. The lowest BCUT2D eigenvalue weighted by atomic mass is 9.90. The first-order valence-corrected chi connectivity index (χ1v) is 5.16. The Hall–Kier alpha value is -1.12. The Bertz CT molecular complexity index is 306. The van der Waals surface area contributed by atoms with Crippen LogP contribution in [-0.4, -0.2) is 21.9 Å². The number of aryl methyl sites for hydroxylation is 1. The lowest BCUT2D eigenvalue weighted by Crippen LogP contribution is -2.38. The van der Waals surface area contributed by atoms with Gasteiger partial charge in [0.25, 0.3) is 0 Å². The number of benzene rings is 1. The van der Waals surface area contributed by atoms with Crippen molar-refractivity contribution in [2.75, 3.05) is 0 Å². The summed E-state index contributed by atoms with van der Waals surface area (Å²) >= 11 is 0. The molecule has 1 rings (SSSR count). The molecule has 82 valence electrons. The molecule has 0 aliphatic rings. The first-order valence-electron chi connectivity index (χ1n) is 5.16. The van der Waals surface area contributed by atoms with Crippen LogP contribution in [-0.2, 0) is 6.42 Å². The Balaban J connectivity index is 2.59. The fourth-order valence-corrected chi connectivity index (χ4v) is 1.47. The standard InChI is InChI=1S/C13H18O2/c1-3-13(15,11(2)14)10-9-12-7-5-4-6-8-12/h3-8,11,14-15H,1,9-10H2,2H3/t11-,13?/m0/s1. The summed E-state index contributed by atoms with van der Waals surface area (Å²) in [6.45, 7) is 5.13. The van der Waals surface area contributed by atoms with Gasteiger partial charge in [-0.1, -0.05) is 36.4 Å². The van der Waals surface area contributed by atoms with E-state index in [0.29, 0.717) is 6.42 Å². The predicted octanol–water partition coefficient (Wildman–Crippen LogP) is 1.92. The van der Waals surface area contributed by atoms with Crippen LogP contribution < -0.4 is 0 Å². The molecule has 2 N–H and O–H groups in total. The van der Waals surface area contributed by atoms with Crippen molar-refractivity contribution in [3.8, 4) is 0 Å². The van der Waals surface area contributed by atoms with Crippen LogP contribution in [0.4, 0.5) is 0 Å². The fraction of sp³-hybridized carbons (Fsp3) is 0.385. The van der Waals surface area contributed by atoms with E-state index in [1.807, 2.05) is 30.3 Å². The second kappa shape index (κ2) is 5.10. The molecule has 0 saturated heterocycles. The first kappa shape index (κ1) is 12.0. The zero-order chi connectivity index (χ0) is 11.3. The van der Waals surface area contributed by atoms with E-state index < -0.39 is 11.7 Å². The van der Waals surface area contributed by atoms with Gasteiger partial charge < -0.3 is 10.2 Å². The number of hydrogen-bond donors (Lipinski definition) is 2. The summed E-state index contributed by atoms with van der Waals surface area (Å²) in [5, 5.41) is 19.4. The molecule has 0 bridgehead atoms. The number of hydrogen-bond acceptors (Lipinski definition) is 2. The predicted molar refractivity (Wildman–Crippen MR) is 61.6 cm³/mol. The van der Waals surface area contributed by atoms with E-state index in [2.05, 4.69) is 6.58 Å². The molecule has 1 aromatic rings. The van der Waals surface area contributed by atoms with Crippen LogP contribution in [0.15, 0.2) is 43.0 Å². The molecule has 1 unspecified atom stereocenters. The van der Waals surface area contributed by atoms with Crippen molar-refractivity contribution < 1.29 is 10.2 Å². The van der Waals surface area contributed by atoms with Crippen molar-refractivity contribution in [2.24, 2.45) is 0 Å². The van der Waals surface area contributed by atoms with Gasteiger partial charge in [-0.05, 0) is 25.3 Å². The van der Waals surface area contributed by atoms with Gasteiger partial charge in [0.15, 0.2) is 0 Å². The molecule has 2 heteroatoms. The van der Waals surface area contributed by atoms with Crippen LogP contribution in [0, 0.1) is 0 Å². The maximum Gasteiger partial charge on any atom is 0.108 e. The highest BCUT2D eigenvalue weighted by molar-refractivity contribution is 5.16. The van der Waals surface area contributed by atoms with E-state index in [4.69, 9.17) is 0 Å². The van der Waals surface area contributed by atoms with Crippen LogP contribution in [0.3, 0.4) is 0 Å². The van der Waals surface area contributed by atoms with Gasteiger partial charge in [0.2, 0.25) is 0 Å². The van der Waals surface area contributed by atoms with Crippen LogP contribution in [0.25, 0.3) is 0 Å². The maximum atomic E-state index is 9.99. The summed E-state index contributed by atoms with van der Waals surface area (Å²) in [6.07, 6.45) is 1.84. The average molecular weight is 206 g/mol. The second-order valence-corrected chi connectivity index (χ2v) is 3.86. The third-order valence-corrected chi connectivity index (χ3v) is 2.73. The minimum atomic E-state index is -1.18. The monoisotopic (exact) mass is 206 g/mol. The normalized spacial score (nSPS) is 16.7. The van der Waals surface area contributed by atoms with Crippen LogP contribution in [0.5, 0.6) is 0 Å². The zero-order valence-corrected chi connectivity index (χ0v) is 9.06. The van der Waals surface area contributed by atoms with Gasteiger partial charge in [-0.25, -0.2) is 0 Å². The minimum absolute atomic E-state index is 0.484. The highest BCUT2D eigenvalue weighted by atomic mass is 16.3. The van der Waals surface area contributed by atoms with E-state index >= 15 is 0 Å². The van der Waals surface area contributed by atoms with Gasteiger partial charge >= 0.3 is 0 Å². The minimum Gasteiger partial charge on any atom is -0.390 e. The van der Waals surface area contributed by atoms with Gasteiger partial charge in [-0.15, -0.1) is 6.58 Å². The van der Waals surface area contributed by atoms with E-state index in [-0.39, 0.29) is 0 Å². The van der Waals surface area contributed by atoms with Crippen molar-refractivity contribution in [1.82, 2.24) is 0 Å². The van der Waals surface area contributed by atoms with Gasteiger partial charge in [0, 0.05) is 0 Å². The Kier molecular flexibility index (Phi) is 4.06. The lowest BCUT2D eigenvalue weighted by Gasteiger charge is -2.27. The molecule has 0 aliphatic carbocycles. The summed E-state index contributed by atoms with van der Waals surface area (Å²) in [5.74, 6) is 0. The summed E-state index contributed by atoms with van der Waals surface area (Å²) in [5.41, 5.74) is -0.0334. The molecule has 0 aromatic heterocycles. The Morgan fingerprint density at radius 2 is 2.00 bits per heavy atom. The van der Waals surface area contributed by atoms with Crippen molar-refractivity contribution in [1.29, 1.82) is 0 Å². The highest BCUT2D eigenvalue weighted by Crippen LogP contribution is 2.19. The van der Waals surface area contributed by atoms with Crippen molar-refractivity contribution in [3.63, 3.8) is 0 Å². The topological polar surface area (TPSA) is 40.5 Å². The molecule has 0 spiro atoms. The van der Waals surface area contributed by atoms with Crippen molar-refractivity contribution in [2.45, 2.75) is 31.5 Å². The van der Waals surface area contributed by atoms with E-state index in [1.165, 1.54) is 6.08 Å². The highest BCUT2D eigenvalue weighted by Gasteiger charge is 2.28. The largest absolute Gasteiger partial charge is 0.390 e. The Morgan fingerprint density at radius 1 is 1.40 bits per heavy atom. The molecular weight excluding hydrogens is 188 g/mol. The molecule has 1 aromatic carbocycles. The molecule has 15 heavy (non-hydrogen) atoms. The fourth-order valence-electron chi connectivity index (χ4n) is 1.47. The molecule has 0 amide bonds. The van der Waals surface area contributed by atoms with Crippen molar-refractivity contribution >= 4 is 0 Å². The maximum absolute atomic E-state index is 9.99. The lowest BCUT2D eigenvalue weighted by molar-refractivity contribution is -0.0342. The van der Waals surface area contributed by atoms with E-state index in [1.54, 1.807) is 6.92 Å². The summed E-state index contributed by atoms with van der Waals surface area (Å²) < 4.78 is 0.